The zero-order valence-electron chi connectivity index (χ0n) is 10.2. The normalized spacial score (nSPS) is 19.0. The molecule has 96 valence electrons. The topological polar surface area (TPSA) is 38.0 Å². The van der Waals surface area contributed by atoms with Gasteiger partial charge >= 0.3 is 0 Å². The lowest BCUT2D eigenvalue weighted by atomic mass is 10.1. The van der Waals surface area contributed by atoms with E-state index in [0.29, 0.717) is 11.0 Å². The highest BCUT2D eigenvalue weighted by Gasteiger charge is 2.41. The van der Waals surface area contributed by atoms with Crippen LogP contribution in [0.25, 0.3) is 0 Å². The van der Waals surface area contributed by atoms with E-state index >= 15 is 0 Å². The SMILES string of the molecule is NC(=S)c1cc(Br)ccc1NC(C1CC1)C1CC1. The first-order valence-electron chi connectivity index (χ1n) is 6.51. The molecule has 0 heterocycles. The Kier molecular flexibility index (Phi) is 3.32. The van der Waals surface area contributed by atoms with Crippen molar-refractivity contribution in [1.29, 1.82) is 0 Å². The third-order valence-corrected chi connectivity index (χ3v) is 4.54. The summed E-state index contributed by atoms with van der Waals surface area (Å²) in [7, 11) is 0. The minimum Gasteiger partial charge on any atom is -0.389 e. The zero-order valence-corrected chi connectivity index (χ0v) is 12.6. The van der Waals surface area contributed by atoms with Crippen LogP contribution in [0, 0.1) is 11.8 Å². The summed E-state index contributed by atoms with van der Waals surface area (Å²) in [6.45, 7) is 0. The second-order valence-electron chi connectivity index (χ2n) is 5.40. The van der Waals surface area contributed by atoms with Crippen molar-refractivity contribution in [3.05, 3.63) is 28.2 Å². The first-order chi connectivity index (χ1) is 8.65. The molecule has 0 bridgehead atoms. The van der Waals surface area contributed by atoms with Crippen LogP contribution in [-0.2, 0) is 0 Å². The highest BCUT2D eigenvalue weighted by molar-refractivity contribution is 9.10. The van der Waals surface area contributed by atoms with Gasteiger partial charge in [0.25, 0.3) is 0 Å². The van der Waals surface area contributed by atoms with Crippen molar-refractivity contribution in [2.45, 2.75) is 31.7 Å². The van der Waals surface area contributed by atoms with E-state index in [1.54, 1.807) is 0 Å². The van der Waals surface area contributed by atoms with Crippen LogP contribution in [0.1, 0.15) is 31.2 Å². The molecule has 2 saturated carbocycles. The predicted molar refractivity (Wildman–Crippen MR) is 82.9 cm³/mol. The Morgan fingerprint density at radius 1 is 1.28 bits per heavy atom. The van der Waals surface area contributed by atoms with Gasteiger partial charge in [0.05, 0.1) is 0 Å². The lowest BCUT2D eigenvalue weighted by Crippen LogP contribution is -2.26. The summed E-state index contributed by atoms with van der Waals surface area (Å²) in [5.41, 5.74) is 7.86. The van der Waals surface area contributed by atoms with Crippen LogP contribution in [0.5, 0.6) is 0 Å². The van der Waals surface area contributed by atoms with Gasteiger partial charge in [0.1, 0.15) is 4.99 Å². The summed E-state index contributed by atoms with van der Waals surface area (Å²) in [5.74, 6) is 1.72. The number of benzene rings is 1. The Morgan fingerprint density at radius 3 is 2.39 bits per heavy atom. The summed E-state index contributed by atoms with van der Waals surface area (Å²) < 4.78 is 1.02. The molecule has 0 saturated heterocycles. The fourth-order valence-corrected chi connectivity index (χ4v) is 3.09. The van der Waals surface area contributed by atoms with Crippen LogP contribution in [0.4, 0.5) is 5.69 Å². The van der Waals surface area contributed by atoms with Gasteiger partial charge in [-0.15, -0.1) is 0 Å². The van der Waals surface area contributed by atoms with Gasteiger partial charge in [0.15, 0.2) is 0 Å². The monoisotopic (exact) mass is 324 g/mol. The number of anilines is 1. The largest absolute Gasteiger partial charge is 0.389 e. The molecule has 2 nitrogen and oxygen atoms in total. The maximum Gasteiger partial charge on any atom is 0.106 e. The van der Waals surface area contributed by atoms with E-state index in [1.165, 1.54) is 25.7 Å². The van der Waals surface area contributed by atoms with Crippen molar-refractivity contribution in [3.8, 4) is 0 Å². The molecule has 2 fully saturated rings. The summed E-state index contributed by atoms with van der Waals surface area (Å²) in [6.07, 6.45) is 5.47. The molecule has 0 aromatic heterocycles. The molecule has 0 unspecified atom stereocenters. The fourth-order valence-electron chi connectivity index (χ4n) is 2.56. The summed E-state index contributed by atoms with van der Waals surface area (Å²) >= 11 is 8.61. The standard InChI is InChI=1S/C14H17BrN2S/c15-10-5-6-12(11(7-10)14(16)18)17-13(8-1-2-8)9-3-4-9/h5-9,13,17H,1-4H2,(H2,16,18). The second-order valence-corrected chi connectivity index (χ2v) is 6.75. The Morgan fingerprint density at radius 2 is 1.89 bits per heavy atom. The average Bonchev–Trinajstić information content (AvgIpc) is 3.19. The molecule has 1 aromatic rings. The molecule has 0 atom stereocenters. The van der Waals surface area contributed by atoms with E-state index < -0.39 is 0 Å². The van der Waals surface area contributed by atoms with E-state index in [9.17, 15) is 0 Å². The van der Waals surface area contributed by atoms with E-state index in [0.717, 1.165) is 27.6 Å². The molecular formula is C14H17BrN2S. The highest BCUT2D eigenvalue weighted by atomic mass is 79.9. The number of rotatable bonds is 5. The van der Waals surface area contributed by atoms with Crippen molar-refractivity contribution < 1.29 is 0 Å². The average molecular weight is 325 g/mol. The van der Waals surface area contributed by atoms with E-state index in [2.05, 4.69) is 27.3 Å². The number of halogens is 1. The van der Waals surface area contributed by atoms with Crippen molar-refractivity contribution >= 4 is 38.8 Å². The second kappa shape index (κ2) is 4.82. The van der Waals surface area contributed by atoms with Gasteiger partial charge in [-0.3, -0.25) is 0 Å². The van der Waals surface area contributed by atoms with Gasteiger partial charge in [-0.25, -0.2) is 0 Å². The zero-order chi connectivity index (χ0) is 12.7. The Balaban J connectivity index is 1.84. The van der Waals surface area contributed by atoms with Crippen LogP contribution in [0.2, 0.25) is 0 Å². The molecule has 0 amide bonds. The van der Waals surface area contributed by atoms with Gasteiger partial charge in [-0.1, -0.05) is 28.1 Å². The number of nitrogens with one attached hydrogen (secondary N) is 1. The Bertz CT molecular complexity index is 469. The number of thiocarbonyl (C=S) groups is 1. The first-order valence-corrected chi connectivity index (χ1v) is 7.71. The first kappa shape index (κ1) is 12.4. The van der Waals surface area contributed by atoms with Crippen molar-refractivity contribution in [2.24, 2.45) is 17.6 Å². The molecule has 2 aliphatic rings. The molecule has 1 aromatic carbocycles. The van der Waals surface area contributed by atoms with Gasteiger partial charge < -0.3 is 11.1 Å². The van der Waals surface area contributed by atoms with Crippen molar-refractivity contribution in [2.75, 3.05) is 5.32 Å². The summed E-state index contributed by atoms with van der Waals surface area (Å²) in [4.78, 5) is 0.462. The van der Waals surface area contributed by atoms with E-state index in [4.69, 9.17) is 18.0 Å². The number of hydrogen-bond acceptors (Lipinski definition) is 2. The van der Waals surface area contributed by atoms with Crippen LogP contribution in [0.3, 0.4) is 0 Å². The predicted octanol–water partition coefficient (Wildman–Crippen LogP) is 3.68. The maximum absolute atomic E-state index is 5.81. The lowest BCUT2D eigenvalue weighted by Gasteiger charge is -2.21. The summed E-state index contributed by atoms with van der Waals surface area (Å²) in [6, 6.07) is 6.75. The molecule has 4 heteroatoms. The fraction of sp³-hybridized carbons (Fsp3) is 0.500. The molecule has 18 heavy (non-hydrogen) atoms. The number of hydrogen-bond donors (Lipinski definition) is 2. The van der Waals surface area contributed by atoms with Crippen molar-refractivity contribution in [1.82, 2.24) is 0 Å². The molecule has 0 spiro atoms. The molecular weight excluding hydrogens is 308 g/mol. The number of nitrogens with two attached hydrogens (primary N) is 1. The smallest absolute Gasteiger partial charge is 0.106 e. The molecule has 3 N–H and O–H groups in total. The molecule has 0 radical (unpaired) electrons. The Hall–Kier alpha value is -0.610. The van der Waals surface area contributed by atoms with Crippen LogP contribution >= 0.6 is 28.1 Å². The molecule has 3 rings (SSSR count). The van der Waals surface area contributed by atoms with Gasteiger partial charge in [-0.05, 0) is 55.7 Å². The quantitative estimate of drug-likeness (QED) is 0.811. The van der Waals surface area contributed by atoms with Gasteiger partial charge in [-0.2, -0.15) is 0 Å². The lowest BCUT2D eigenvalue weighted by molar-refractivity contribution is 0.568. The maximum atomic E-state index is 5.81. The van der Waals surface area contributed by atoms with Crippen LogP contribution in [-0.4, -0.2) is 11.0 Å². The molecule has 2 aliphatic carbocycles. The third kappa shape index (κ3) is 2.69. The Labute approximate surface area is 121 Å². The minimum atomic E-state index is 0.462. The van der Waals surface area contributed by atoms with Crippen LogP contribution in [0.15, 0.2) is 22.7 Å². The summed E-state index contributed by atoms with van der Waals surface area (Å²) in [5, 5.41) is 3.69. The van der Waals surface area contributed by atoms with E-state index in [-0.39, 0.29) is 0 Å². The van der Waals surface area contributed by atoms with E-state index in [1.807, 2.05) is 12.1 Å². The van der Waals surface area contributed by atoms with Gasteiger partial charge in [0, 0.05) is 21.8 Å². The van der Waals surface area contributed by atoms with Crippen LogP contribution < -0.4 is 11.1 Å². The third-order valence-electron chi connectivity index (χ3n) is 3.83. The minimum absolute atomic E-state index is 0.462. The molecule has 0 aliphatic heterocycles. The van der Waals surface area contributed by atoms with Crippen molar-refractivity contribution in [3.63, 3.8) is 0 Å². The van der Waals surface area contributed by atoms with Gasteiger partial charge in [0.2, 0.25) is 0 Å². The highest BCUT2D eigenvalue weighted by Crippen LogP contribution is 2.46.